The molecule has 2 rings (SSSR count). The Labute approximate surface area is 121 Å². The minimum Gasteiger partial charge on any atom is -0.294 e. The van der Waals surface area contributed by atoms with Crippen LogP contribution in [0.4, 0.5) is 0 Å². The van der Waals surface area contributed by atoms with Crippen LogP contribution < -0.4 is 0 Å². The third kappa shape index (κ3) is 3.36. The molecular weight excluding hydrogens is 244 g/mol. The van der Waals surface area contributed by atoms with E-state index in [9.17, 15) is 4.79 Å². The maximum absolute atomic E-state index is 12.4. The van der Waals surface area contributed by atoms with E-state index in [0.29, 0.717) is 12.3 Å². The topological polar surface area (TPSA) is 17.1 Å². The van der Waals surface area contributed by atoms with Crippen molar-refractivity contribution in [1.82, 2.24) is 0 Å². The average molecular weight is 266 g/mol. The van der Waals surface area contributed by atoms with Crippen LogP contribution in [0.2, 0.25) is 0 Å². The molecule has 0 amide bonds. The van der Waals surface area contributed by atoms with E-state index in [-0.39, 0.29) is 5.78 Å². The van der Waals surface area contributed by atoms with Gasteiger partial charge in [0, 0.05) is 12.0 Å². The fraction of sp³-hybridized carbons (Fsp3) is 0.316. The zero-order valence-corrected chi connectivity index (χ0v) is 12.5. The van der Waals surface area contributed by atoms with Crippen LogP contribution in [0.3, 0.4) is 0 Å². The van der Waals surface area contributed by atoms with Gasteiger partial charge in [0.05, 0.1) is 0 Å². The molecule has 1 nitrogen and oxygen atoms in total. The van der Waals surface area contributed by atoms with E-state index in [1.54, 1.807) is 0 Å². The van der Waals surface area contributed by atoms with Gasteiger partial charge in [-0.05, 0) is 29.0 Å². The lowest BCUT2D eigenvalue weighted by molar-refractivity contribution is 0.0992. The molecule has 2 aromatic rings. The van der Waals surface area contributed by atoms with Gasteiger partial charge in [-0.3, -0.25) is 4.79 Å². The van der Waals surface area contributed by atoms with Crippen molar-refractivity contribution in [1.29, 1.82) is 0 Å². The smallest absolute Gasteiger partial charge is 0.167 e. The molecule has 2 aromatic carbocycles. The Bertz CT molecular complexity index is 579. The second-order valence-corrected chi connectivity index (χ2v) is 5.51. The number of Topliss-reactive ketones (excluding diaryl/α,β-unsaturated/α-hetero) is 1. The van der Waals surface area contributed by atoms with Gasteiger partial charge in [-0.2, -0.15) is 0 Å². The molecule has 0 aromatic heterocycles. The molecule has 0 atom stereocenters. The van der Waals surface area contributed by atoms with Crippen molar-refractivity contribution in [2.45, 2.75) is 39.5 Å². The Kier molecular flexibility index (Phi) is 4.73. The third-order valence-corrected chi connectivity index (χ3v) is 3.71. The van der Waals surface area contributed by atoms with Crippen LogP contribution in [0.25, 0.3) is 0 Å². The molecule has 0 aliphatic rings. The first kappa shape index (κ1) is 14.5. The molecule has 1 heteroatoms. The molecule has 0 N–H and O–H groups in total. The Balaban J connectivity index is 2.15. The fourth-order valence-electron chi connectivity index (χ4n) is 2.40. The first-order valence-electron chi connectivity index (χ1n) is 7.31. The number of carbonyl (C=O) groups is 1. The first-order chi connectivity index (χ1) is 9.61. The summed E-state index contributed by atoms with van der Waals surface area (Å²) in [5.41, 5.74) is 4.40. The number of hydrogen-bond acceptors (Lipinski definition) is 1. The lowest BCUT2D eigenvalue weighted by Crippen LogP contribution is -2.06. The number of hydrogen-bond donors (Lipinski definition) is 0. The van der Waals surface area contributed by atoms with Gasteiger partial charge in [-0.25, -0.2) is 0 Å². The third-order valence-electron chi connectivity index (χ3n) is 3.71. The summed E-state index contributed by atoms with van der Waals surface area (Å²) in [7, 11) is 0. The molecule has 0 aliphatic heterocycles. The van der Waals surface area contributed by atoms with Crippen molar-refractivity contribution in [3.63, 3.8) is 0 Å². The Hall–Kier alpha value is -1.89. The van der Waals surface area contributed by atoms with Gasteiger partial charge in [-0.15, -0.1) is 0 Å². The van der Waals surface area contributed by atoms with E-state index in [2.05, 4.69) is 45.0 Å². The predicted octanol–water partition coefficient (Wildman–Crippen LogP) is 4.80. The van der Waals surface area contributed by atoms with Crippen molar-refractivity contribution in [2.75, 3.05) is 0 Å². The van der Waals surface area contributed by atoms with E-state index < -0.39 is 0 Å². The van der Waals surface area contributed by atoms with Gasteiger partial charge in [0.25, 0.3) is 0 Å². The molecule has 0 unspecified atom stereocenters. The minimum absolute atomic E-state index is 0.208. The molecule has 0 heterocycles. The molecule has 0 spiro atoms. The highest BCUT2D eigenvalue weighted by atomic mass is 16.1. The minimum atomic E-state index is 0.208. The van der Waals surface area contributed by atoms with Crippen molar-refractivity contribution >= 4 is 5.78 Å². The largest absolute Gasteiger partial charge is 0.294 e. The van der Waals surface area contributed by atoms with Gasteiger partial charge in [0.2, 0.25) is 0 Å². The lowest BCUT2D eigenvalue weighted by atomic mass is 9.95. The standard InChI is InChI=1S/C19H22O/c1-4-16-7-5-6-8-18(16)19(20)13-15-9-11-17(12-10-15)14(2)3/h5-12,14H,4,13H2,1-3H3. The summed E-state index contributed by atoms with van der Waals surface area (Å²) >= 11 is 0. The van der Waals surface area contributed by atoms with E-state index in [1.807, 2.05) is 24.3 Å². The van der Waals surface area contributed by atoms with Crippen LogP contribution in [0.5, 0.6) is 0 Å². The summed E-state index contributed by atoms with van der Waals surface area (Å²) in [6, 6.07) is 16.3. The molecule has 104 valence electrons. The van der Waals surface area contributed by atoms with Gasteiger partial charge >= 0.3 is 0 Å². The molecule has 0 aliphatic carbocycles. The second-order valence-electron chi connectivity index (χ2n) is 5.51. The van der Waals surface area contributed by atoms with Crippen molar-refractivity contribution in [2.24, 2.45) is 0 Å². The number of rotatable bonds is 5. The Morgan fingerprint density at radius 1 is 1.00 bits per heavy atom. The summed E-state index contributed by atoms with van der Waals surface area (Å²) in [5.74, 6) is 0.736. The van der Waals surface area contributed by atoms with E-state index in [0.717, 1.165) is 23.1 Å². The van der Waals surface area contributed by atoms with Crippen LogP contribution >= 0.6 is 0 Å². The van der Waals surface area contributed by atoms with E-state index in [1.165, 1.54) is 5.56 Å². The molecule has 0 fully saturated rings. The van der Waals surface area contributed by atoms with Crippen LogP contribution in [-0.4, -0.2) is 5.78 Å². The van der Waals surface area contributed by atoms with Crippen molar-refractivity contribution < 1.29 is 4.79 Å². The number of benzene rings is 2. The van der Waals surface area contributed by atoms with E-state index in [4.69, 9.17) is 0 Å². The first-order valence-corrected chi connectivity index (χ1v) is 7.31. The van der Waals surface area contributed by atoms with E-state index >= 15 is 0 Å². The number of ketones is 1. The predicted molar refractivity (Wildman–Crippen MR) is 84.4 cm³/mol. The summed E-state index contributed by atoms with van der Waals surface area (Å²) in [6.07, 6.45) is 1.38. The van der Waals surface area contributed by atoms with Crippen molar-refractivity contribution in [3.05, 3.63) is 70.8 Å². The SMILES string of the molecule is CCc1ccccc1C(=O)Cc1ccc(C(C)C)cc1. The maximum atomic E-state index is 12.4. The highest BCUT2D eigenvalue weighted by Crippen LogP contribution is 2.17. The summed E-state index contributed by atoms with van der Waals surface area (Å²) in [5, 5.41) is 0. The molecule has 0 bridgehead atoms. The van der Waals surface area contributed by atoms with Crippen LogP contribution in [0.15, 0.2) is 48.5 Å². The van der Waals surface area contributed by atoms with Gasteiger partial charge in [0.1, 0.15) is 0 Å². The molecule has 0 saturated heterocycles. The normalized spacial score (nSPS) is 10.8. The summed E-state index contributed by atoms with van der Waals surface area (Å²) in [4.78, 5) is 12.4. The van der Waals surface area contributed by atoms with Gasteiger partial charge in [-0.1, -0.05) is 69.3 Å². The highest BCUT2D eigenvalue weighted by molar-refractivity contribution is 5.98. The zero-order chi connectivity index (χ0) is 14.5. The summed E-state index contributed by atoms with van der Waals surface area (Å²) < 4.78 is 0. The van der Waals surface area contributed by atoms with Crippen molar-refractivity contribution in [3.8, 4) is 0 Å². The van der Waals surface area contributed by atoms with Crippen LogP contribution in [0.1, 0.15) is 53.7 Å². The monoisotopic (exact) mass is 266 g/mol. The molecule has 0 saturated carbocycles. The number of carbonyl (C=O) groups excluding carboxylic acids is 1. The fourth-order valence-corrected chi connectivity index (χ4v) is 2.40. The molecular formula is C19H22O. The number of aryl methyl sites for hydroxylation is 1. The zero-order valence-electron chi connectivity index (χ0n) is 12.5. The van der Waals surface area contributed by atoms with Gasteiger partial charge < -0.3 is 0 Å². The quantitative estimate of drug-likeness (QED) is 0.711. The lowest BCUT2D eigenvalue weighted by Gasteiger charge is -2.08. The molecule has 0 radical (unpaired) electrons. The maximum Gasteiger partial charge on any atom is 0.167 e. The summed E-state index contributed by atoms with van der Waals surface area (Å²) in [6.45, 7) is 6.44. The Morgan fingerprint density at radius 3 is 2.25 bits per heavy atom. The Morgan fingerprint density at radius 2 is 1.65 bits per heavy atom. The molecule has 20 heavy (non-hydrogen) atoms. The average Bonchev–Trinajstić information content (AvgIpc) is 2.47. The van der Waals surface area contributed by atoms with Crippen LogP contribution in [-0.2, 0) is 12.8 Å². The second kappa shape index (κ2) is 6.51. The highest BCUT2D eigenvalue weighted by Gasteiger charge is 2.10. The van der Waals surface area contributed by atoms with Gasteiger partial charge in [0.15, 0.2) is 5.78 Å². The van der Waals surface area contributed by atoms with Crippen LogP contribution in [0, 0.1) is 0 Å².